The smallest absolute Gasteiger partial charge is 0.410 e. The molecule has 1 amide bonds. The second-order valence-electron chi connectivity index (χ2n) is 9.58. The fourth-order valence-corrected chi connectivity index (χ4v) is 5.04. The van der Waals surface area contributed by atoms with Crippen molar-refractivity contribution in [2.75, 3.05) is 37.8 Å². The van der Waals surface area contributed by atoms with E-state index in [1.165, 1.54) is 0 Å². The van der Waals surface area contributed by atoms with Crippen LogP contribution in [0.15, 0.2) is 35.5 Å². The first-order chi connectivity index (χ1) is 16.1. The zero-order chi connectivity index (χ0) is 24.5. The number of ether oxygens (including phenoxy) is 1. The molecule has 2 aromatic heterocycles. The molecule has 0 aliphatic carbocycles. The Morgan fingerprint density at radius 2 is 2.00 bits per heavy atom. The molecule has 0 spiro atoms. The molecule has 0 bridgehead atoms. The molecule has 1 aromatic carbocycles. The van der Waals surface area contributed by atoms with E-state index < -0.39 is 5.60 Å². The van der Waals surface area contributed by atoms with Crippen molar-refractivity contribution in [2.45, 2.75) is 45.3 Å². The van der Waals surface area contributed by atoms with Crippen molar-refractivity contribution in [1.29, 1.82) is 0 Å². The summed E-state index contributed by atoms with van der Waals surface area (Å²) in [4.78, 5) is 29.8. The van der Waals surface area contributed by atoms with Gasteiger partial charge in [-0.05, 0) is 57.4 Å². The maximum atomic E-state index is 12.4. The lowest BCUT2D eigenvalue weighted by atomic mass is 10.0. The fraction of sp³-hybridized carbons (Fsp3) is 0.440. The molecule has 0 saturated carbocycles. The van der Waals surface area contributed by atoms with Crippen molar-refractivity contribution in [3.8, 4) is 11.1 Å². The Morgan fingerprint density at radius 1 is 1.26 bits per heavy atom. The van der Waals surface area contributed by atoms with Crippen molar-refractivity contribution in [3.63, 3.8) is 0 Å². The Balaban J connectivity index is 1.47. The van der Waals surface area contributed by atoms with E-state index in [0.717, 1.165) is 45.0 Å². The summed E-state index contributed by atoms with van der Waals surface area (Å²) in [5.74, 6) is 0. The highest BCUT2D eigenvalue weighted by Gasteiger charge is 2.29. The van der Waals surface area contributed by atoms with Crippen LogP contribution in [0.5, 0.6) is 0 Å². The topological polar surface area (TPSA) is 96.9 Å². The standard InChI is InChI=1S/C25H32N6O2S/c1-25(2,3)33-24(32)31-10-8-19(9-11-31)30(5)23-29-22-21(34-23)13-17(15-28-22)16-6-7-20(26)18(12-16)14-27-4/h6-7,12-15,19H,8-11,26H2,1-5H3. The SMILES string of the molecule is CN=Cc1cc(-c2cnc3nc(N(C)C4CCN(C(=O)OC(C)(C)C)CC4)sc3c2)ccc1N. The quantitative estimate of drug-likeness (QED) is 0.425. The van der Waals surface area contributed by atoms with Crippen LogP contribution < -0.4 is 10.6 Å². The Morgan fingerprint density at radius 3 is 2.68 bits per heavy atom. The van der Waals surface area contributed by atoms with E-state index in [1.807, 2.05) is 45.2 Å². The third-order valence-electron chi connectivity index (χ3n) is 5.89. The predicted octanol–water partition coefficient (Wildman–Crippen LogP) is 4.82. The number of anilines is 2. The lowest BCUT2D eigenvalue weighted by molar-refractivity contribution is 0.0205. The van der Waals surface area contributed by atoms with Gasteiger partial charge < -0.3 is 20.3 Å². The molecule has 3 aromatic rings. The van der Waals surface area contributed by atoms with Crippen LogP contribution in [0.4, 0.5) is 15.6 Å². The number of carbonyl (C=O) groups is 1. The Hall–Kier alpha value is -3.20. The first-order valence-corrected chi connectivity index (χ1v) is 12.3. The normalized spacial score (nSPS) is 15.3. The molecule has 8 nitrogen and oxygen atoms in total. The Bertz CT molecular complexity index is 1210. The average molecular weight is 481 g/mol. The van der Waals surface area contributed by atoms with Gasteiger partial charge in [0.25, 0.3) is 0 Å². The molecule has 9 heteroatoms. The number of rotatable bonds is 4. The summed E-state index contributed by atoms with van der Waals surface area (Å²) in [6.45, 7) is 7.03. The molecule has 4 rings (SSSR count). The van der Waals surface area contributed by atoms with Crippen molar-refractivity contribution in [3.05, 3.63) is 36.0 Å². The zero-order valence-corrected chi connectivity index (χ0v) is 21.2. The number of hydrogen-bond donors (Lipinski definition) is 1. The lowest BCUT2D eigenvalue weighted by Crippen LogP contribution is -2.47. The van der Waals surface area contributed by atoms with E-state index in [1.54, 1.807) is 29.5 Å². The van der Waals surface area contributed by atoms with Gasteiger partial charge in [-0.2, -0.15) is 4.98 Å². The monoisotopic (exact) mass is 480 g/mol. The van der Waals surface area contributed by atoms with Crippen molar-refractivity contribution in [1.82, 2.24) is 14.9 Å². The number of hydrogen-bond acceptors (Lipinski definition) is 8. The minimum absolute atomic E-state index is 0.235. The van der Waals surface area contributed by atoms with E-state index in [4.69, 9.17) is 15.5 Å². The zero-order valence-electron chi connectivity index (χ0n) is 20.4. The number of aromatic nitrogens is 2. The van der Waals surface area contributed by atoms with Crippen molar-refractivity contribution >= 4 is 44.8 Å². The molecule has 2 N–H and O–H groups in total. The van der Waals surface area contributed by atoms with E-state index in [2.05, 4.69) is 28.0 Å². The van der Waals surface area contributed by atoms with Crippen LogP contribution in [0.25, 0.3) is 21.5 Å². The summed E-state index contributed by atoms with van der Waals surface area (Å²) < 4.78 is 6.55. The summed E-state index contributed by atoms with van der Waals surface area (Å²) in [5, 5.41) is 0.937. The van der Waals surface area contributed by atoms with E-state index in [-0.39, 0.29) is 6.09 Å². The maximum absolute atomic E-state index is 12.4. The highest BCUT2D eigenvalue weighted by molar-refractivity contribution is 7.22. The molecule has 34 heavy (non-hydrogen) atoms. The number of nitrogen functional groups attached to an aromatic ring is 1. The summed E-state index contributed by atoms with van der Waals surface area (Å²) in [5.41, 5.74) is 9.96. The summed E-state index contributed by atoms with van der Waals surface area (Å²) in [6, 6.07) is 8.36. The van der Waals surface area contributed by atoms with Gasteiger partial charge >= 0.3 is 6.09 Å². The van der Waals surface area contributed by atoms with Gasteiger partial charge in [0, 0.05) is 62.5 Å². The molecule has 0 atom stereocenters. The van der Waals surface area contributed by atoms with Gasteiger partial charge in [0.05, 0.1) is 4.70 Å². The third kappa shape index (κ3) is 5.30. The molecule has 180 valence electrons. The predicted molar refractivity (Wildman–Crippen MR) is 140 cm³/mol. The average Bonchev–Trinajstić information content (AvgIpc) is 3.22. The number of fused-ring (bicyclic) bond motifs is 1. The number of pyridine rings is 1. The molecular weight excluding hydrogens is 448 g/mol. The third-order valence-corrected chi connectivity index (χ3v) is 6.97. The van der Waals surface area contributed by atoms with Crippen molar-refractivity contribution < 1.29 is 9.53 Å². The van der Waals surface area contributed by atoms with E-state index in [9.17, 15) is 4.79 Å². The number of benzene rings is 1. The van der Waals surface area contributed by atoms with Crippen LogP contribution in [0, 0.1) is 0 Å². The number of thiazole rings is 1. The van der Waals surface area contributed by atoms with Crippen molar-refractivity contribution in [2.24, 2.45) is 4.99 Å². The molecule has 1 aliphatic rings. The van der Waals surface area contributed by atoms with Gasteiger partial charge in [-0.1, -0.05) is 17.4 Å². The Labute approximate surface area is 204 Å². The van der Waals surface area contributed by atoms with Gasteiger partial charge in [0.1, 0.15) is 5.60 Å². The second-order valence-corrected chi connectivity index (χ2v) is 10.6. The van der Waals surface area contributed by atoms with Gasteiger partial charge in [-0.15, -0.1) is 0 Å². The highest BCUT2D eigenvalue weighted by atomic mass is 32.1. The fourth-order valence-electron chi connectivity index (χ4n) is 4.04. The highest BCUT2D eigenvalue weighted by Crippen LogP contribution is 2.33. The van der Waals surface area contributed by atoms with Gasteiger partial charge in [-0.25, -0.2) is 9.78 Å². The molecular formula is C25H32N6O2S. The number of nitrogens with two attached hydrogens (primary N) is 1. The molecule has 1 aliphatic heterocycles. The number of aliphatic imine (C=N–C) groups is 1. The van der Waals surface area contributed by atoms with Gasteiger partial charge in [0.2, 0.25) is 0 Å². The number of piperidine rings is 1. The second kappa shape index (κ2) is 9.58. The van der Waals surface area contributed by atoms with Gasteiger partial charge in [-0.3, -0.25) is 4.99 Å². The van der Waals surface area contributed by atoms with Crippen LogP contribution in [0.3, 0.4) is 0 Å². The van der Waals surface area contributed by atoms with E-state index >= 15 is 0 Å². The molecule has 0 unspecified atom stereocenters. The maximum Gasteiger partial charge on any atom is 0.410 e. The minimum atomic E-state index is -0.477. The minimum Gasteiger partial charge on any atom is -0.444 e. The van der Waals surface area contributed by atoms with Crippen LogP contribution in [-0.4, -0.2) is 66.0 Å². The largest absolute Gasteiger partial charge is 0.444 e. The summed E-state index contributed by atoms with van der Waals surface area (Å²) in [7, 11) is 3.80. The molecule has 1 fully saturated rings. The van der Waals surface area contributed by atoms with Gasteiger partial charge in [0.15, 0.2) is 10.8 Å². The number of carbonyl (C=O) groups excluding carboxylic acids is 1. The van der Waals surface area contributed by atoms with Crippen LogP contribution >= 0.6 is 11.3 Å². The number of nitrogens with zero attached hydrogens (tertiary/aromatic N) is 5. The first kappa shape index (κ1) is 23.9. The van der Waals surface area contributed by atoms with Crippen LogP contribution in [-0.2, 0) is 4.74 Å². The number of likely N-dealkylation sites (tertiary alicyclic amines) is 1. The van der Waals surface area contributed by atoms with Crippen LogP contribution in [0.1, 0.15) is 39.2 Å². The van der Waals surface area contributed by atoms with Crippen LogP contribution in [0.2, 0.25) is 0 Å². The summed E-state index contributed by atoms with van der Waals surface area (Å²) in [6.07, 6.45) is 5.12. The van der Waals surface area contributed by atoms with E-state index in [0.29, 0.717) is 24.8 Å². The summed E-state index contributed by atoms with van der Waals surface area (Å²) >= 11 is 1.64. The molecule has 1 saturated heterocycles. The Kier molecular flexibility index (Phi) is 6.74. The lowest BCUT2D eigenvalue weighted by Gasteiger charge is -2.37. The molecule has 0 radical (unpaired) electrons. The number of amides is 1. The molecule has 3 heterocycles. The first-order valence-electron chi connectivity index (χ1n) is 11.4.